The van der Waals surface area contributed by atoms with Gasteiger partial charge in [-0.25, -0.2) is 0 Å². The normalized spacial score (nSPS) is 12.2. The molecule has 0 aliphatic heterocycles. The third-order valence-electron chi connectivity index (χ3n) is 9.20. The smallest absolute Gasteiger partial charge is 0.0642 e. The Labute approximate surface area is 247 Å². The van der Waals surface area contributed by atoms with Crippen molar-refractivity contribution in [2.75, 3.05) is 4.90 Å². The zero-order chi connectivity index (χ0) is 28.1. The molecule has 0 amide bonds. The van der Waals surface area contributed by atoms with Gasteiger partial charge in [-0.2, -0.15) is 0 Å². The maximum atomic E-state index is 2.46. The molecule has 3 heterocycles. The van der Waals surface area contributed by atoms with Crippen LogP contribution in [0.5, 0.6) is 0 Å². The second-order valence-corrected chi connectivity index (χ2v) is 11.4. The minimum Gasteiger partial charge on any atom is -0.310 e. The highest BCUT2D eigenvalue weighted by Crippen LogP contribution is 2.46. The van der Waals surface area contributed by atoms with Crippen LogP contribution < -0.4 is 4.90 Å². The molecule has 3 nitrogen and oxygen atoms in total. The van der Waals surface area contributed by atoms with E-state index in [9.17, 15) is 0 Å². The van der Waals surface area contributed by atoms with Crippen LogP contribution in [0.15, 0.2) is 152 Å². The third kappa shape index (κ3) is 2.98. The van der Waals surface area contributed by atoms with E-state index in [4.69, 9.17) is 0 Å². The Balaban J connectivity index is 1.19. The zero-order valence-corrected chi connectivity index (χ0v) is 23.3. The van der Waals surface area contributed by atoms with Gasteiger partial charge in [0.15, 0.2) is 0 Å². The largest absolute Gasteiger partial charge is 0.310 e. The van der Waals surface area contributed by atoms with Crippen molar-refractivity contribution < 1.29 is 0 Å². The number of fused-ring (bicyclic) bond motifs is 5. The fourth-order valence-electron chi connectivity index (χ4n) is 7.45. The second-order valence-electron chi connectivity index (χ2n) is 11.4. The number of anilines is 3. The van der Waals surface area contributed by atoms with E-state index in [1.807, 2.05) is 0 Å². The molecule has 0 atom stereocenters. The van der Waals surface area contributed by atoms with Gasteiger partial charge in [0.1, 0.15) is 0 Å². The molecular formula is C40H25N3. The van der Waals surface area contributed by atoms with Gasteiger partial charge in [-0.15, -0.1) is 0 Å². The molecule has 200 valence electrons. The summed E-state index contributed by atoms with van der Waals surface area (Å²) >= 11 is 0. The lowest BCUT2D eigenvalue weighted by Gasteiger charge is -2.27. The van der Waals surface area contributed by atoms with Gasteiger partial charge in [0.25, 0.3) is 0 Å². The van der Waals surface area contributed by atoms with Crippen LogP contribution in [0.1, 0.15) is 0 Å². The maximum absolute atomic E-state index is 2.46. The molecule has 7 aromatic carbocycles. The average Bonchev–Trinajstić information content (AvgIpc) is 3.72. The van der Waals surface area contributed by atoms with Crippen LogP contribution in [0.3, 0.4) is 0 Å². The van der Waals surface area contributed by atoms with Crippen LogP contribution in [0.25, 0.3) is 65.6 Å². The molecule has 0 bridgehead atoms. The van der Waals surface area contributed by atoms with Crippen molar-refractivity contribution in [3.05, 3.63) is 152 Å². The van der Waals surface area contributed by atoms with Crippen LogP contribution in [0.2, 0.25) is 0 Å². The van der Waals surface area contributed by atoms with Crippen molar-refractivity contribution in [3.63, 3.8) is 0 Å². The lowest BCUT2D eigenvalue weighted by molar-refractivity contribution is 1.17. The van der Waals surface area contributed by atoms with Gasteiger partial charge in [-0.1, -0.05) is 84.9 Å². The first kappa shape index (κ1) is 22.8. The van der Waals surface area contributed by atoms with Crippen molar-refractivity contribution in [3.8, 4) is 5.69 Å². The summed E-state index contributed by atoms with van der Waals surface area (Å²) in [6.45, 7) is 0. The molecule has 0 N–H and O–H groups in total. The third-order valence-corrected chi connectivity index (χ3v) is 9.20. The molecular weight excluding hydrogens is 522 g/mol. The number of hydrogen-bond acceptors (Lipinski definition) is 1. The molecule has 43 heavy (non-hydrogen) atoms. The highest BCUT2D eigenvalue weighted by atomic mass is 15.1. The Morgan fingerprint density at radius 3 is 1.93 bits per heavy atom. The summed E-state index contributed by atoms with van der Waals surface area (Å²) in [7, 11) is 0. The molecule has 10 aromatic rings. The highest BCUT2D eigenvalue weighted by molar-refractivity contribution is 6.32. The predicted molar refractivity (Wildman–Crippen MR) is 181 cm³/mol. The molecule has 0 aliphatic rings. The fraction of sp³-hybridized carbons (Fsp3) is 0. The van der Waals surface area contributed by atoms with E-state index in [0.717, 1.165) is 17.1 Å². The standard InChI is InChI=1S/C40H25N3/c1-2-12-27(13-3-1)41(33-17-8-11-26-10-4-5-14-30(26)33)28-20-22-29(23-21-28)42-35-18-9-19-36-38(35)39-37(42)25-24-32-31-15-6-7-16-34(31)43(36)40(32)39/h1-25H. The van der Waals surface area contributed by atoms with Gasteiger partial charge in [-0.05, 0) is 72.1 Å². The van der Waals surface area contributed by atoms with Crippen LogP contribution in [0, 0.1) is 0 Å². The van der Waals surface area contributed by atoms with Crippen molar-refractivity contribution >= 4 is 77.0 Å². The summed E-state index contributed by atoms with van der Waals surface area (Å²) in [6.07, 6.45) is 0. The number of nitrogens with zero attached hydrogens (tertiary/aromatic N) is 3. The van der Waals surface area contributed by atoms with E-state index in [2.05, 4.69) is 166 Å². The first-order valence-corrected chi connectivity index (χ1v) is 14.8. The van der Waals surface area contributed by atoms with Crippen molar-refractivity contribution in [2.24, 2.45) is 0 Å². The summed E-state index contributed by atoms with van der Waals surface area (Å²) < 4.78 is 4.90. The maximum Gasteiger partial charge on any atom is 0.0642 e. The summed E-state index contributed by atoms with van der Waals surface area (Å²) in [5.74, 6) is 0. The molecule has 0 spiro atoms. The van der Waals surface area contributed by atoms with Crippen molar-refractivity contribution in [1.82, 2.24) is 8.97 Å². The molecule has 0 radical (unpaired) electrons. The fourth-order valence-corrected chi connectivity index (χ4v) is 7.45. The zero-order valence-electron chi connectivity index (χ0n) is 23.3. The Morgan fingerprint density at radius 1 is 0.395 bits per heavy atom. The van der Waals surface area contributed by atoms with Crippen LogP contribution >= 0.6 is 0 Å². The lowest BCUT2D eigenvalue weighted by atomic mass is 10.1. The molecule has 0 saturated heterocycles. The van der Waals surface area contributed by atoms with E-state index < -0.39 is 0 Å². The Hall–Kier alpha value is -5.80. The summed E-state index contributed by atoms with van der Waals surface area (Å²) in [5, 5.41) is 7.79. The van der Waals surface area contributed by atoms with Crippen LogP contribution in [-0.2, 0) is 0 Å². The van der Waals surface area contributed by atoms with Gasteiger partial charge in [0.2, 0.25) is 0 Å². The summed E-state index contributed by atoms with van der Waals surface area (Å²) in [6, 6.07) is 55.0. The lowest BCUT2D eigenvalue weighted by Crippen LogP contribution is -2.10. The number of hydrogen-bond donors (Lipinski definition) is 0. The van der Waals surface area contributed by atoms with Gasteiger partial charge in [0, 0.05) is 44.0 Å². The minimum atomic E-state index is 1.13. The van der Waals surface area contributed by atoms with Crippen LogP contribution in [0.4, 0.5) is 17.1 Å². The highest BCUT2D eigenvalue weighted by Gasteiger charge is 2.25. The van der Waals surface area contributed by atoms with Crippen molar-refractivity contribution in [2.45, 2.75) is 0 Å². The van der Waals surface area contributed by atoms with Crippen LogP contribution in [-0.4, -0.2) is 8.97 Å². The first-order chi connectivity index (χ1) is 21.4. The Bertz CT molecular complexity index is 2600. The SMILES string of the molecule is c1ccc(N(c2ccc(-n3c4cccc5c4c4c3ccc3c6ccccc6n5c34)cc2)c2cccc3ccccc23)cc1. The minimum absolute atomic E-state index is 1.13. The van der Waals surface area contributed by atoms with Gasteiger partial charge < -0.3 is 13.9 Å². The molecule has 0 aliphatic carbocycles. The molecule has 10 rings (SSSR count). The molecule has 3 heteroatoms. The average molecular weight is 548 g/mol. The van der Waals surface area contributed by atoms with E-state index in [1.165, 1.54) is 65.6 Å². The van der Waals surface area contributed by atoms with Crippen molar-refractivity contribution in [1.29, 1.82) is 0 Å². The monoisotopic (exact) mass is 547 g/mol. The van der Waals surface area contributed by atoms with E-state index in [1.54, 1.807) is 0 Å². The molecule has 0 saturated carbocycles. The second kappa shape index (κ2) is 8.37. The quantitative estimate of drug-likeness (QED) is 0.213. The summed E-state index contributed by atoms with van der Waals surface area (Å²) in [4.78, 5) is 2.36. The number of benzene rings is 7. The van der Waals surface area contributed by atoms with Gasteiger partial charge in [-0.3, -0.25) is 0 Å². The van der Waals surface area contributed by atoms with E-state index in [0.29, 0.717) is 0 Å². The number of para-hydroxylation sites is 2. The number of rotatable bonds is 4. The Morgan fingerprint density at radius 2 is 1.05 bits per heavy atom. The molecule has 3 aromatic heterocycles. The predicted octanol–water partition coefficient (Wildman–Crippen LogP) is 10.8. The van der Waals surface area contributed by atoms with Gasteiger partial charge >= 0.3 is 0 Å². The van der Waals surface area contributed by atoms with Gasteiger partial charge in [0.05, 0.1) is 33.3 Å². The van der Waals surface area contributed by atoms with E-state index >= 15 is 0 Å². The summed E-state index contributed by atoms with van der Waals surface area (Å²) in [5.41, 5.74) is 11.0. The number of aromatic nitrogens is 2. The van der Waals surface area contributed by atoms with E-state index in [-0.39, 0.29) is 0 Å². The molecule has 0 unspecified atom stereocenters. The molecule has 0 fully saturated rings. The topological polar surface area (TPSA) is 12.6 Å². The first-order valence-electron chi connectivity index (χ1n) is 14.8. The Kier molecular flexibility index (Phi) is 4.45.